The Kier molecular flexibility index (Phi) is 5.07. The molecule has 5 heteroatoms. The zero-order valence-electron chi connectivity index (χ0n) is 15.6. The normalized spacial score (nSPS) is 20.8. The number of rotatable bonds is 4. The lowest BCUT2D eigenvalue weighted by atomic mass is 9.97. The van der Waals surface area contributed by atoms with Crippen molar-refractivity contribution in [3.05, 3.63) is 48.0 Å². The minimum atomic E-state index is 0.247. The molecule has 1 amide bonds. The number of fused-ring (bicyclic) bond motifs is 1. The minimum Gasteiger partial charge on any atom is -0.335 e. The van der Waals surface area contributed by atoms with Crippen molar-refractivity contribution in [3.8, 4) is 0 Å². The van der Waals surface area contributed by atoms with Gasteiger partial charge in [-0.3, -0.25) is 9.69 Å². The Morgan fingerprint density at radius 3 is 2.96 bits per heavy atom. The van der Waals surface area contributed by atoms with E-state index in [1.807, 2.05) is 17.2 Å². The molecule has 2 aliphatic rings. The van der Waals surface area contributed by atoms with Crippen molar-refractivity contribution in [1.29, 1.82) is 0 Å². The number of aromatic nitrogens is 2. The summed E-state index contributed by atoms with van der Waals surface area (Å²) in [5.74, 6) is 1.91. The highest BCUT2D eigenvalue weighted by molar-refractivity contribution is 5.95. The number of hydrogen-bond donors (Lipinski definition) is 0. The highest BCUT2D eigenvalue weighted by atomic mass is 16.2. The molecule has 2 aromatic rings. The van der Waals surface area contributed by atoms with Gasteiger partial charge in [0, 0.05) is 37.7 Å². The Hall–Kier alpha value is -2.14. The number of hydrogen-bond acceptors (Lipinski definition) is 3. The summed E-state index contributed by atoms with van der Waals surface area (Å²) in [5.41, 5.74) is 2.42. The van der Waals surface area contributed by atoms with Crippen LogP contribution in [0.2, 0.25) is 0 Å². The molecule has 26 heavy (non-hydrogen) atoms. The van der Waals surface area contributed by atoms with Gasteiger partial charge in [-0.2, -0.15) is 0 Å². The number of nitrogens with zero attached hydrogens (tertiary/aromatic N) is 4. The van der Waals surface area contributed by atoms with Crippen LogP contribution in [0.25, 0.3) is 0 Å². The number of carbonyl (C=O) groups excluding carboxylic acids is 1. The molecule has 0 saturated carbocycles. The Balaban J connectivity index is 1.38. The Bertz CT molecular complexity index is 769. The molecule has 0 spiro atoms. The van der Waals surface area contributed by atoms with Crippen LogP contribution in [0.15, 0.2) is 36.7 Å². The third kappa shape index (κ3) is 3.68. The van der Waals surface area contributed by atoms with E-state index in [9.17, 15) is 4.79 Å². The van der Waals surface area contributed by atoms with Crippen molar-refractivity contribution in [2.75, 3.05) is 31.1 Å². The average Bonchev–Trinajstić information content (AvgIpc) is 3.06. The van der Waals surface area contributed by atoms with E-state index in [2.05, 4.69) is 45.8 Å². The molecule has 1 aromatic heterocycles. The maximum atomic E-state index is 13.0. The van der Waals surface area contributed by atoms with Gasteiger partial charge in [-0.1, -0.05) is 18.2 Å². The highest BCUT2D eigenvalue weighted by Crippen LogP contribution is 2.27. The second-order valence-electron chi connectivity index (χ2n) is 7.65. The van der Waals surface area contributed by atoms with Crippen molar-refractivity contribution in [3.63, 3.8) is 0 Å². The van der Waals surface area contributed by atoms with Crippen LogP contribution in [0.1, 0.15) is 30.7 Å². The molecule has 0 N–H and O–H groups in total. The van der Waals surface area contributed by atoms with Gasteiger partial charge in [0.1, 0.15) is 5.82 Å². The quantitative estimate of drug-likeness (QED) is 0.850. The van der Waals surface area contributed by atoms with E-state index in [4.69, 9.17) is 0 Å². The van der Waals surface area contributed by atoms with E-state index in [0.29, 0.717) is 12.5 Å². The minimum absolute atomic E-state index is 0.247. The zero-order chi connectivity index (χ0) is 17.9. The van der Waals surface area contributed by atoms with Gasteiger partial charge in [0.25, 0.3) is 0 Å². The number of para-hydroxylation sites is 1. The van der Waals surface area contributed by atoms with Crippen LogP contribution in [0.4, 0.5) is 5.69 Å². The first-order chi connectivity index (χ1) is 12.7. The van der Waals surface area contributed by atoms with E-state index >= 15 is 0 Å². The topological polar surface area (TPSA) is 41.4 Å². The molecule has 1 fully saturated rings. The molecule has 5 nitrogen and oxygen atoms in total. The second kappa shape index (κ2) is 7.62. The van der Waals surface area contributed by atoms with Crippen LogP contribution < -0.4 is 4.90 Å². The van der Waals surface area contributed by atoms with Gasteiger partial charge < -0.3 is 9.47 Å². The summed E-state index contributed by atoms with van der Waals surface area (Å²) in [6, 6.07) is 8.35. The molecule has 1 saturated heterocycles. The molecule has 138 valence electrons. The lowest BCUT2D eigenvalue weighted by Gasteiger charge is -2.35. The van der Waals surface area contributed by atoms with Gasteiger partial charge in [-0.05, 0) is 56.7 Å². The maximum absolute atomic E-state index is 13.0. The van der Waals surface area contributed by atoms with Crippen molar-refractivity contribution in [2.45, 2.75) is 39.2 Å². The third-order valence-electron chi connectivity index (χ3n) is 5.75. The van der Waals surface area contributed by atoms with Gasteiger partial charge in [-0.15, -0.1) is 0 Å². The number of carbonyl (C=O) groups is 1. The van der Waals surface area contributed by atoms with E-state index < -0.39 is 0 Å². The number of piperidine rings is 1. The van der Waals surface area contributed by atoms with E-state index in [1.165, 1.54) is 18.4 Å². The molecule has 1 atom stereocenters. The summed E-state index contributed by atoms with van der Waals surface area (Å²) in [4.78, 5) is 21.6. The average molecular weight is 352 g/mol. The Morgan fingerprint density at radius 1 is 1.23 bits per heavy atom. The van der Waals surface area contributed by atoms with E-state index in [0.717, 1.165) is 50.5 Å². The highest BCUT2D eigenvalue weighted by Gasteiger charge is 2.26. The predicted molar refractivity (Wildman–Crippen MR) is 103 cm³/mol. The van der Waals surface area contributed by atoms with Crippen LogP contribution in [0, 0.1) is 12.8 Å². The molecule has 1 unspecified atom stereocenters. The molecule has 3 heterocycles. The molecular weight excluding hydrogens is 324 g/mol. The largest absolute Gasteiger partial charge is 0.335 e. The fraction of sp³-hybridized carbons (Fsp3) is 0.524. The number of likely N-dealkylation sites (tertiary alicyclic amines) is 1. The molecule has 1 aromatic carbocycles. The van der Waals surface area contributed by atoms with Crippen molar-refractivity contribution in [1.82, 2.24) is 14.5 Å². The van der Waals surface area contributed by atoms with Crippen LogP contribution in [-0.2, 0) is 17.8 Å². The fourth-order valence-electron chi connectivity index (χ4n) is 4.39. The smallest absolute Gasteiger partial charge is 0.241 e. The van der Waals surface area contributed by atoms with Crippen LogP contribution in [0.5, 0.6) is 0 Å². The van der Waals surface area contributed by atoms with Crippen LogP contribution in [-0.4, -0.2) is 46.5 Å². The molecule has 0 bridgehead atoms. The van der Waals surface area contributed by atoms with Crippen molar-refractivity contribution in [2.24, 2.45) is 5.92 Å². The molecule has 2 aliphatic heterocycles. The number of imidazole rings is 1. The molecule has 0 aliphatic carbocycles. The predicted octanol–water partition coefficient (Wildman–Crippen LogP) is 2.88. The maximum Gasteiger partial charge on any atom is 0.241 e. The third-order valence-corrected chi connectivity index (χ3v) is 5.75. The van der Waals surface area contributed by atoms with E-state index in [1.54, 1.807) is 0 Å². The Morgan fingerprint density at radius 2 is 2.12 bits per heavy atom. The van der Waals surface area contributed by atoms with Gasteiger partial charge in [0.2, 0.25) is 5.91 Å². The lowest BCUT2D eigenvalue weighted by Crippen LogP contribution is -2.46. The Labute approximate surface area is 155 Å². The fourth-order valence-corrected chi connectivity index (χ4v) is 4.39. The van der Waals surface area contributed by atoms with Gasteiger partial charge in [-0.25, -0.2) is 4.98 Å². The van der Waals surface area contributed by atoms with E-state index in [-0.39, 0.29) is 5.91 Å². The summed E-state index contributed by atoms with van der Waals surface area (Å²) in [7, 11) is 0. The van der Waals surface area contributed by atoms with Crippen LogP contribution in [0.3, 0.4) is 0 Å². The van der Waals surface area contributed by atoms with Gasteiger partial charge in [0.05, 0.1) is 6.54 Å². The zero-order valence-corrected chi connectivity index (χ0v) is 15.6. The summed E-state index contributed by atoms with van der Waals surface area (Å²) in [6.07, 6.45) is 8.47. The first kappa shape index (κ1) is 17.3. The monoisotopic (exact) mass is 352 g/mol. The number of aryl methyl sites for hydroxylation is 2. The van der Waals surface area contributed by atoms with Gasteiger partial charge >= 0.3 is 0 Å². The summed E-state index contributed by atoms with van der Waals surface area (Å²) >= 11 is 0. The first-order valence-electron chi connectivity index (χ1n) is 9.79. The van der Waals surface area contributed by atoms with Gasteiger partial charge in [0.15, 0.2) is 0 Å². The van der Waals surface area contributed by atoms with Crippen molar-refractivity contribution >= 4 is 11.6 Å². The molecular formula is C21H28N4O. The molecule has 4 rings (SSSR count). The first-order valence-corrected chi connectivity index (χ1v) is 9.79. The number of anilines is 1. The van der Waals surface area contributed by atoms with Crippen LogP contribution >= 0.6 is 0 Å². The number of benzene rings is 1. The number of amides is 1. The SMILES string of the molecule is Cc1nccn1CC1CCCN(CC(=O)N2CCCc3ccccc32)C1. The summed E-state index contributed by atoms with van der Waals surface area (Å²) in [6.45, 7) is 6.47. The second-order valence-corrected chi connectivity index (χ2v) is 7.65. The summed E-state index contributed by atoms with van der Waals surface area (Å²) < 4.78 is 2.23. The lowest BCUT2D eigenvalue weighted by molar-refractivity contribution is -0.120. The van der Waals surface area contributed by atoms with Crippen molar-refractivity contribution < 1.29 is 4.79 Å². The molecule has 0 radical (unpaired) electrons. The standard InChI is InChI=1S/C21H28N4O/c1-17-22-10-13-24(17)15-18-6-4-11-23(14-18)16-21(26)25-12-5-8-19-7-2-3-9-20(19)25/h2-3,7,9-10,13,18H,4-6,8,11-12,14-16H2,1H3. The summed E-state index contributed by atoms with van der Waals surface area (Å²) in [5, 5.41) is 0.